The number of halogens is 1. The number of nitrogens with zero attached hydrogens (tertiary/aromatic N) is 6. The molecule has 11 heteroatoms. The normalized spacial score (nSPS) is 26.6. The average Bonchev–Trinajstić information content (AvgIpc) is 3.66. The summed E-state index contributed by atoms with van der Waals surface area (Å²) in [4.78, 5) is 15.3. The summed E-state index contributed by atoms with van der Waals surface area (Å²) >= 11 is 0. The average molecular weight is 492 g/mol. The zero-order chi connectivity index (χ0) is 24.2. The van der Waals surface area contributed by atoms with Gasteiger partial charge in [0, 0.05) is 29.3 Å². The van der Waals surface area contributed by atoms with Crippen molar-refractivity contribution in [3.05, 3.63) is 30.6 Å². The first kappa shape index (κ1) is 21.7. The second kappa shape index (κ2) is 8.51. The Bertz CT molecular complexity index is 1290. The molecule has 2 N–H and O–H groups in total. The molecule has 5 heterocycles. The first-order valence-electron chi connectivity index (χ1n) is 12.5. The first-order valence-corrected chi connectivity index (χ1v) is 12.5. The van der Waals surface area contributed by atoms with Gasteiger partial charge in [-0.3, -0.25) is 0 Å². The van der Waals surface area contributed by atoms with Crippen LogP contribution in [-0.4, -0.2) is 73.8 Å². The van der Waals surface area contributed by atoms with Gasteiger partial charge in [-0.05, 0) is 44.2 Å². The molecule has 2 aromatic heterocycles. The van der Waals surface area contributed by atoms with Crippen LogP contribution in [0.2, 0.25) is 0 Å². The molecule has 1 saturated carbocycles. The molecule has 3 fully saturated rings. The van der Waals surface area contributed by atoms with Crippen molar-refractivity contribution < 1.29 is 19.0 Å². The third-order valence-corrected chi connectivity index (χ3v) is 7.47. The minimum atomic E-state index is -0.951. The molecule has 2 saturated heterocycles. The summed E-state index contributed by atoms with van der Waals surface area (Å²) < 4.78 is 26.2. The van der Waals surface area contributed by atoms with Crippen LogP contribution >= 0.6 is 0 Å². The number of aromatic nitrogens is 5. The van der Waals surface area contributed by atoms with Gasteiger partial charge in [0.25, 0.3) is 11.8 Å². The standard InChI is InChI=1S/C25H26FN7O3/c26-22-17-6-2-14(29-17)10-20(22)33(15-3-4-15)25-28-12-19(31-32-25)16-5-1-13(9-21(16)34)18-11-27-23-24(30-18)36-8-7-35-23/h1,5,9,11-12,14-15,17,20,22,29,34H,2-4,6-8,10H2/t14-,17-,20+,22-/m0/s1. The van der Waals surface area contributed by atoms with E-state index in [1.165, 1.54) is 0 Å². The topological polar surface area (TPSA) is 118 Å². The lowest BCUT2D eigenvalue weighted by Crippen LogP contribution is -2.57. The van der Waals surface area contributed by atoms with E-state index >= 15 is 4.39 Å². The Morgan fingerprint density at radius 2 is 1.81 bits per heavy atom. The number of piperidine rings is 1. The van der Waals surface area contributed by atoms with E-state index in [0.29, 0.717) is 59.5 Å². The molecule has 0 spiro atoms. The van der Waals surface area contributed by atoms with Crippen molar-refractivity contribution >= 4 is 5.95 Å². The molecular weight excluding hydrogens is 465 g/mol. The molecule has 36 heavy (non-hydrogen) atoms. The number of hydrogen-bond acceptors (Lipinski definition) is 10. The molecule has 1 aliphatic carbocycles. The van der Waals surface area contributed by atoms with Gasteiger partial charge < -0.3 is 24.8 Å². The fourth-order valence-electron chi connectivity index (χ4n) is 5.57. The van der Waals surface area contributed by atoms with E-state index in [1.54, 1.807) is 24.5 Å². The van der Waals surface area contributed by atoms with E-state index in [1.807, 2.05) is 6.07 Å². The van der Waals surface area contributed by atoms with E-state index in [2.05, 4.69) is 35.4 Å². The monoisotopic (exact) mass is 491 g/mol. The molecule has 0 radical (unpaired) electrons. The summed E-state index contributed by atoms with van der Waals surface area (Å²) in [5.41, 5.74) is 2.16. The van der Waals surface area contributed by atoms with Gasteiger partial charge in [0.05, 0.1) is 24.1 Å². The zero-order valence-electron chi connectivity index (χ0n) is 19.5. The van der Waals surface area contributed by atoms with Gasteiger partial charge in [0.15, 0.2) is 0 Å². The minimum absolute atomic E-state index is 0.0193. The summed E-state index contributed by atoms with van der Waals surface area (Å²) in [6, 6.07) is 5.46. The third kappa shape index (κ3) is 3.78. The number of aromatic hydroxyl groups is 1. The van der Waals surface area contributed by atoms with Crippen LogP contribution < -0.4 is 19.7 Å². The molecule has 2 bridgehead atoms. The number of hydrogen-bond donors (Lipinski definition) is 2. The SMILES string of the molecule is Oc1cc(-c2cnc3c(n2)OCCO3)ccc1-c1cnc(N(C2CC2)[C@@H]2C[C@@H]3CC[C@H](N3)[C@@H]2F)nn1. The molecule has 4 atom stereocenters. The second-order valence-corrected chi connectivity index (χ2v) is 9.87. The predicted octanol–water partition coefficient (Wildman–Crippen LogP) is 2.67. The highest BCUT2D eigenvalue weighted by Crippen LogP contribution is 2.40. The maximum absolute atomic E-state index is 15.3. The second-order valence-electron chi connectivity index (χ2n) is 9.87. The van der Waals surface area contributed by atoms with Gasteiger partial charge in [-0.2, -0.15) is 0 Å². The summed E-state index contributed by atoms with van der Waals surface area (Å²) in [5, 5.41) is 22.9. The molecule has 0 unspecified atom stereocenters. The van der Waals surface area contributed by atoms with Crippen molar-refractivity contribution in [2.24, 2.45) is 0 Å². The lowest BCUT2D eigenvalue weighted by atomic mass is 9.96. The van der Waals surface area contributed by atoms with E-state index in [9.17, 15) is 5.11 Å². The quantitative estimate of drug-likeness (QED) is 0.551. The Morgan fingerprint density at radius 1 is 0.972 bits per heavy atom. The summed E-state index contributed by atoms with van der Waals surface area (Å²) in [6.07, 6.45) is 6.91. The number of nitrogens with one attached hydrogen (secondary N) is 1. The summed E-state index contributed by atoms with van der Waals surface area (Å²) in [5.74, 6) is 1.18. The Labute approximate surface area is 206 Å². The largest absolute Gasteiger partial charge is 0.507 e. The highest BCUT2D eigenvalue weighted by Gasteiger charge is 2.48. The van der Waals surface area contributed by atoms with Gasteiger partial charge in [0.2, 0.25) is 5.95 Å². The molecule has 0 amide bonds. The molecular formula is C25H26FN7O3. The highest BCUT2D eigenvalue weighted by molar-refractivity contribution is 5.72. The lowest BCUT2D eigenvalue weighted by molar-refractivity contribution is 0.157. The van der Waals surface area contributed by atoms with Crippen LogP contribution in [-0.2, 0) is 0 Å². The number of phenolic OH excluding ortho intramolecular Hbond substituents is 1. The van der Waals surface area contributed by atoms with Crippen molar-refractivity contribution in [2.45, 2.75) is 62.4 Å². The van der Waals surface area contributed by atoms with Crippen LogP contribution in [0.1, 0.15) is 32.1 Å². The van der Waals surface area contributed by atoms with Crippen LogP contribution in [0.15, 0.2) is 30.6 Å². The molecule has 3 aromatic rings. The highest BCUT2D eigenvalue weighted by atomic mass is 19.1. The number of phenols is 1. The van der Waals surface area contributed by atoms with E-state index in [-0.39, 0.29) is 23.9 Å². The van der Waals surface area contributed by atoms with E-state index in [0.717, 1.165) is 32.1 Å². The van der Waals surface area contributed by atoms with Crippen LogP contribution in [0.25, 0.3) is 22.5 Å². The van der Waals surface area contributed by atoms with Crippen molar-refractivity contribution in [2.75, 3.05) is 18.1 Å². The maximum atomic E-state index is 15.3. The van der Waals surface area contributed by atoms with E-state index in [4.69, 9.17) is 9.47 Å². The molecule has 4 aliphatic rings. The summed E-state index contributed by atoms with van der Waals surface area (Å²) in [7, 11) is 0. The molecule has 1 aromatic carbocycles. The number of fused-ring (bicyclic) bond motifs is 3. The van der Waals surface area contributed by atoms with E-state index < -0.39 is 6.17 Å². The fraction of sp³-hybridized carbons (Fsp3) is 0.480. The number of rotatable bonds is 5. The van der Waals surface area contributed by atoms with Crippen LogP contribution in [0, 0.1) is 0 Å². The molecule has 10 nitrogen and oxygen atoms in total. The van der Waals surface area contributed by atoms with Crippen molar-refractivity contribution in [3.8, 4) is 40.0 Å². The Morgan fingerprint density at radius 3 is 2.58 bits per heavy atom. The third-order valence-electron chi connectivity index (χ3n) is 7.47. The van der Waals surface area contributed by atoms with Gasteiger partial charge in [0.1, 0.15) is 30.8 Å². The van der Waals surface area contributed by atoms with Crippen molar-refractivity contribution in [1.29, 1.82) is 0 Å². The maximum Gasteiger partial charge on any atom is 0.278 e. The number of ether oxygens (including phenoxy) is 2. The molecule has 3 aliphatic heterocycles. The van der Waals surface area contributed by atoms with Crippen molar-refractivity contribution in [1.82, 2.24) is 30.5 Å². The van der Waals surface area contributed by atoms with Gasteiger partial charge >= 0.3 is 0 Å². The number of anilines is 1. The Hall–Kier alpha value is -3.60. The summed E-state index contributed by atoms with van der Waals surface area (Å²) in [6.45, 7) is 0.857. The lowest BCUT2D eigenvalue weighted by Gasteiger charge is -2.40. The van der Waals surface area contributed by atoms with Gasteiger partial charge in [-0.15, -0.1) is 10.2 Å². The zero-order valence-corrected chi connectivity index (χ0v) is 19.5. The predicted molar refractivity (Wildman–Crippen MR) is 128 cm³/mol. The Kier molecular flexibility index (Phi) is 5.12. The van der Waals surface area contributed by atoms with Gasteiger partial charge in [-0.1, -0.05) is 6.07 Å². The minimum Gasteiger partial charge on any atom is -0.507 e. The van der Waals surface area contributed by atoms with Gasteiger partial charge in [-0.25, -0.2) is 19.3 Å². The van der Waals surface area contributed by atoms with Crippen LogP contribution in [0.4, 0.5) is 10.3 Å². The first-order chi connectivity index (χ1) is 17.6. The number of benzene rings is 1. The van der Waals surface area contributed by atoms with Crippen molar-refractivity contribution in [3.63, 3.8) is 0 Å². The van der Waals surface area contributed by atoms with Crippen LogP contribution in [0.3, 0.4) is 0 Å². The molecule has 186 valence electrons. The van der Waals surface area contributed by atoms with Crippen LogP contribution in [0.5, 0.6) is 17.5 Å². The smallest absolute Gasteiger partial charge is 0.278 e. The fourth-order valence-corrected chi connectivity index (χ4v) is 5.57. The number of alkyl halides is 1. The Balaban J connectivity index is 1.14. The molecule has 7 rings (SSSR count).